The van der Waals surface area contributed by atoms with Crippen molar-refractivity contribution >= 4 is 34.4 Å². The molecule has 1 aromatic heterocycles. The van der Waals surface area contributed by atoms with Crippen molar-refractivity contribution in [1.82, 2.24) is 9.55 Å². The molecule has 0 bridgehead atoms. The molecule has 1 atom stereocenters. The number of imidazole rings is 1. The van der Waals surface area contributed by atoms with Crippen molar-refractivity contribution in [3.63, 3.8) is 0 Å². The van der Waals surface area contributed by atoms with E-state index >= 15 is 0 Å². The zero-order valence-electron chi connectivity index (χ0n) is 15.1. The lowest BCUT2D eigenvalue weighted by atomic mass is 10.2. The second kappa shape index (κ2) is 7.70. The van der Waals surface area contributed by atoms with Crippen LogP contribution < -0.4 is 14.8 Å². The van der Waals surface area contributed by atoms with Gasteiger partial charge in [0.1, 0.15) is 0 Å². The first kappa shape index (κ1) is 18.1. The van der Waals surface area contributed by atoms with Crippen molar-refractivity contribution in [2.45, 2.75) is 17.3 Å². The smallest absolute Gasteiger partial charge is 0.237 e. The predicted molar refractivity (Wildman–Crippen MR) is 104 cm³/mol. The van der Waals surface area contributed by atoms with Gasteiger partial charge in [-0.3, -0.25) is 4.79 Å². The van der Waals surface area contributed by atoms with Gasteiger partial charge >= 0.3 is 0 Å². The highest BCUT2D eigenvalue weighted by molar-refractivity contribution is 8.00. The van der Waals surface area contributed by atoms with Crippen LogP contribution in [0.1, 0.15) is 6.92 Å². The number of benzene rings is 2. The zero-order valence-corrected chi connectivity index (χ0v) is 16.0. The Kier molecular flexibility index (Phi) is 5.37. The van der Waals surface area contributed by atoms with Crippen LogP contribution in [0, 0.1) is 0 Å². The minimum atomic E-state index is -0.307. The first-order valence-electron chi connectivity index (χ1n) is 8.14. The minimum absolute atomic E-state index is 0.103. The van der Waals surface area contributed by atoms with Gasteiger partial charge in [-0.05, 0) is 31.2 Å². The molecule has 1 heterocycles. The summed E-state index contributed by atoms with van der Waals surface area (Å²) in [7, 11) is 5.09. The van der Waals surface area contributed by atoms with E-state index < -0.39 is 0 Å². The molecule has 0 saturated carbocycles. The van der Waals surface area contributed by atoms with Crippen molar-refractivity contribution < 1.29 is 14.3 Å². The number of nitrogens with one attached hydrogen (secondary N) is 1. The number of methoxy groups -OCH3 is 2. The number of thioether (sulfide) groups is 1. The molecule has 136 valence electrons. The molecule has 7 heteroatoms. The number of anilines is 1. The van der Waals surface area contributed by atoms with E-state index in [4.69, 9.17) is 9.47 Å². The number of fused-ring (bicyclic) bond motifs is 1. The Morgan fingerprint density at radius 1 is 1.15 bits per heavy atom. The Morgan fingerprint density at radius 3 is 2.58 bits per heavy atom. The van der Waals surface area contributed by atoms with Gasteiger partial charge in [-0.1, -0.05) is 23.9 Å². The van der Waals surface area contributed by atoms with Crippen LogP contribution in [-0.2, 0) is 11.8 Å². The van der Waals surface area contributed by atoms with Crippen LogP contribution in [0.4, 0.5) is 5.69 Å². The second-order valence-electron chi connectivity index (χ2n) is 5.76. The number of hydrogen-bond acceptors (Lipinski definition) is 5. The van der Waals surface area contributed by atoms with Gasteiger partial charge in [0, 0.05) is 18.8 Å². The number of carbonyl (C=O) groups excluding carboxylic acids is 1. The highest BCUT2D eigenvalue weighted by Crippen LogP contribution is 2.31. The number of nitrogens with zero attached hydrogens (tertiary/aromatic N) is 2. The van der Waals surface area contributed by atoms with Crippen molar-refractivity contribution in [3.8, 4) is 11.5 Å². The largest absolute Gasteiger partial charge is 0.493 e. The summed E-state index contributed by atoms with van der Waals surface area (Å²) in [6.07, 6.45) is 0. The van der Waals surface area contributed by atoms with Gasteiger partial charge in [-0.2, -0.15) is 0 Å². The van der Waals surface area contributed by atoms with Gasteiger partial charge < -0.3 is 19.4 Å². The Hall–Kier alpha value is -2.67. The summed E-state index contributed by atoms with van der Waals surface area (Å²) in [5, 5.41) is 3.41. The van der Waals surface area contributed by atoms with Crippen LogP contribution in [0.15, 0.2) is 47.6 Å². The maximum Gasteiger partial charge on any atom is 0.237 e. The SMILES string of the molecule is COc1ccc(NC(=O)C(C)Sc2nc3ccccc3n2C)cc1OC. The number of rotatable bonds is 6. The molecule has 3 rings (SSSR count). The number of amides is 1. The number of ether oxygens (including phenoxy) is 2. The number of aryl methyl sites for hydroxylation is 1. The third-order valence-corrected chi connectivity index (χ3v) is 5.19. The van der Waals surface area contributed by atoms with Crippen molar-refractivity contribution in [1.29, 1.82) is 0 Å². The van der Waals surface area contributed by atoms with Crippen LogP contribution in [0.2, 0.25) is 0 Å². The molecule has 0 aliphatic rings. The summed E-state index contributed by atoms with van der Waals surface area (Å²) in [5.74, 6) is 1.09. The van der Waals surface area contributed by atoms with E-state index in [0.717, 1.165) is 16.2 Å². The molecule has 3 aromatic rings. The minimum Gasteiger partial charge on any atom is -0.493 e. The molecule has 0 aliphatic carbocycles. The monoisotopic (exact) mass is 371 g/mol. The number of aromatic nitrogens is 2. The first-order valence-corrected chi connectivity index (χ1v) is 9.02. The van der Waals surface area contributed by atoms with Crippen LogP contribution in [-0.4, -0.2) is 34.9 Å². The van der Waals surface area contributed by atoms with Crippen molar-refractivity contribution in [2.75, 3.05) is 19.5 Å². The fraction of sp³-hybridized carbons (Fsp3) is 0.263. The van der Waals surface area contributed by atoms with E-state index in [1.807, 2.05) is 42.8 Å². The van der Waals surface area contributed by atoms with E-state index in [1.54, 1.807) is 32.4 Å². The Labute approximate surface area is 156 Å². The summed E-state index contributed by atoms with van der Waals surface area (Å²) in [6, 6.07) is 13.2. The summed E-state index contributed by atoms with van der Waals surface area (Å²) in [5.41, 5.74) is 2.62. The maximum atomic E-state index is 12.6. The lowest BCUT2D eigenvalue weighted by Gasteiger charge is -2.13. The first-order chi connectivity index (χ1) is 12.5. The number of carbonyl (C=O) groups is 1. The van der Waals surface area contributed by atoms with Crippen LogP contribution in [0.25, 0.3) is 11.0 Å². The van der Waals surface area contributed by atoms with Crippen LogP contribution in [0.5, 0.6) is 11.5 Å². The Balaban J connectivity index is 1.72. The summed E-state index contributed by atoms with van der Waals surface area (Å²) >= 11 is 1.42. The molecule has 0 spiro atoms. The molecule has 2 aromatic carbocycles. The highest BCUT2D eigenvalue weighted by atomic mass is 32.2. The highest BCUT2D eigenvalue weighted by Gasteiger charge is 2.19. The molecule has 6 nitrogen and oxygen atoms in total. The van der Waals surface area contributed by atoms with E-state index in [2.05, 4.69) is 10.3 Å². The molecule has 0 radical (unpaired) electrons. The molecule has 0 fully saturated rings. The van der Waals surface area contributed by atoms with Gasteiger partial charge in [0.05, 0.1) is 30.5 Å². The quantitative estimate of drug-likeness (QED) is 0.669. The van der Waals surface area contributed by atoms with Crippen molar-refractivity contribution in [3.05, 3.63) is 42.5 Å². The van der Waals surface area contributed by atoms with Gasteiger partial charge in [0.25, 0.3) is 0 Å². The third-order valence-electron chi connectivity index (χ3n) is 4.05. The lowest BCUT2D eigenvalue weighted by molar-refractivity contribution is -0.115. The Morgan fingerprint density at radius 2 is 1.88 bits per heavy atom. The van der Waals surface area contributed by atoms with Gasteiger partial charge in [0.2, 0.25) is 5.91 Å². The topological polar surface area (TPSA) is 65.4 Å². The second-order valence-corrected chi connectivity index (χ2v) is 7.07. The molecular formula is C19H21N3O3S. The van der Waals surface area contributed by atoms with Gasteiger partial charge in [-0.25, -0.2) is 4.98 Å². The fourth-order valence-corrected chi connectivity index (χ4v) is 3.49. The maximum absolute atomic E-state index is 12.6. The zero-order chi connectivity index (χ0) is 18.7. The molecule has 1 N–H and O–H groups in total. The standard InChI is InChI=1S/C19H21N3O3S/c1-12(26-19-21-14-7-5-6-8-15(14)22(19)2)18(23)20-13-9-10-16(24-3)17(11-13)25-4/h5-12H,1-4H3,(H,20,23). The van der Waals surface area contributed by atoms with E-state index in [1.165, 1.54) is 11.8 Å². The molecule has 0 saturated heterocycles. The van der Waals surface area contributed by atoms with E-state index in [9.17, 15) is 4.79 Å². The van der Waals surface area contributed by atoms with Crippen molar-refractivity contribution in [2.24, 2.45) is 7.05 Å². The van der Waals surface area contributed by atoms with Crippen LogP contribution >= 0.6 is 11.8 Å². The average Bonchev–Trinajstić information content (AvgIpc) is 2.97. The molecule has 0 aliphatic heterocycles. The Bertz CT molecular complexity index is 939. The summed E-state index contributed by atoms with van der Waals surface area (Å²) < 4.78 is 12.5. The van der Waals surface area contributed by atoms with E-state index in [-0.39, 0.29) is 11.2 Å². The summed E-state index contributed by atoms with van der Waals surface area (Å²) in [4.78, 5) is 17.2. The van der Waals surface area contributed by atoms with E-state index in [0.29, 0.717) is 17.2 Å². The normalized spacial score (nSPS) is 12.0. The fourth-order valence-electron chi connectivity index (χ4n) is 2.60. The van der Waals surface area contributed by atoms with Crippen LogP contribution in [0.3, 0.4) is 0 Å². The average molecular weight is 371 g/mol. The number of para-hydroxylation sites is 2. The molecular weight excluding hydrogens is 350 g/mol. The summed E-state index contributed by atoms with van der Waals surface area (Å²) in [6.45, 7) is 1.86. The van der Waals surface area contributed by atoms with Gasteiger partial charge in [0.15, 0.2) is 16.7 Å². The predicted octanol–water partition coefficient (Wildman–Crippen LogP) is 3.71. The van der Waals surface area contributed by atoms with Gasteiger partial charge in [-0.15, -0.1) is 0 Å². The molecule has 1 amide bonds. The molecule has 26 heavy (non-hydrogen) atoms. The third kappa shape index (κ3) is 3.62. The molecule has 1 unspecified atom stereocenters. The number of hydrogen-bond donors (Lipinski definition) is 1. The lowest BCUT2D eigenvalue weighted by Crippen LogP contribution is -2.22.